The lowest BCUT2D eigenvalue weighted by atomic mass is 10.0. The zero-order valence-electron chi connectivity index (χ0n) is 39.9. The molecule has 0 heterocycles. The molecule has 1 atom stereocenters. The van der Waals surface area contributed by atoms with Gasteiger partial charge >= 0.3 is 11.9 Å². The molecule has 0 bridgehead atoms. The summed E-state index contributed by atoms with van der Waals surface area (Å²) in [4.78, 5) is 33.5. The standard InChI is InChI=1S/C50H97N5O4/c1-7-10-13-16-21-28-36-47(37-29-22-17-14-11-8-2)59-49(57)39-31-24-19-26-33-42-55(43-34-40-52-50(53-45-51)54(5)6)41-32-25-18-23-30-38-48(56)58-44-46(4)35-27-20-15-12-9-3/h46-47H,7-44H2,1-6H3,(H,52,53). The number of hydrogen-bond donors (Lipinski definition) is 1. The lowest BCUT2D eigenvalue weighted by Crippen LogP contribution is -2.38. The lowest BCUT2D eigenvalue weighted by Gasteiger charge is -2.23. The van der Waals surface area contributed by atoms with Crippen LogP contribution in [0.25, 0.3) is 0 Å². The number of guanidine groups is 1. The number of nitriles is 1. The number of nitrogens with zero attached hydrogens (tertiary/aromatic N) is 4. The predicted octanol–water partition coefficient (Wildman–Crippen LogP) is 13.3. The largest absolute Gasteiger partial charge is 0.465 e. The molecule has 0 aliphatic rings. The number of esters is 2. The number of nitrogens with one attached hydrogen (secondary N) is 1. The third-order valence-corrected chi connectivity index (χ3v) is 11.6. The number of ether oxygens (including phenoxy) is 2. The summed E-state index contributed by atoms with van der Waals surface area (Å²) in [6.45, 7) is 13.5. The van der Waals surface area contributed by atoms with Crippen LogP contribution >= 0.6 is 0 Å². The van der Waals surface area contributed by atoms with Crippen LogP contribution < -0.4 is 5.32 Å². The monoisotopic (exact) mass is 832 g/mol. The summed E-state index contributed by atoms with van der Waals surface area (Å²) in [7, 11) is 3.79. The van der Waals surface area contributed by atoms with Crippen LogP contribution in [0.15, 0.2) is 4.99 Å². The van der Waals surface area contributed by atoms with E-state index in [4.69, 9.17) is 14.7 Å². The summed E-state index contributed by atoms with van der Waals surface area (Å²) in [5.41, 5.74) is 0. The normalized spacial score (nSPS) is 12.2. The van der Waals surface area contributed by atoms with E-state index in [-0.39, 0.29) is 18.0 Å². The second-order valence-corrected chi connectivity index (χ2v) is 17.8. The maximum Gasteiger partial charge on any atom is 0.306 e. The summed E-state index contributed by atoms with van der Waals surface area (Å²) in [6.07, 6.45) is 40.0. The number of hydrogen-bond acceptors (Lipinski definition) is 7. The highest BCUT2D eigenvalue weighted by molar-refractivity contribution is 5.80. The summed E-state index contributed by atoms with van der Waals surface area (Å²) < 4.78 is 11.6. The van der Waals surface area contributed by atoms with Gasteiger partial charge in [0, 0.05) is 33.5 Å². The maximum absolute atomic E-state index is 12.9. The lowest BCUT2D eigenvalue weighted by molar-refractivity contribution is -0.150. The number of aliphatic imine (C=N–C) groups is 1. The number of carbonyl (C=O) groups excluding carboxylic acids is 2. The smallest absolute Gasteiger partial charge is 0.306 e. The van der Waals surface area contributed by atoms with Crippen molar-refractivity contribution in [1.82, 2.24) is 15.1 Å². The molecule has 0 amide bonds. The Kier molecular flexibility index (Phi) is 42.0. The third kappa shape index (κ3) is 39.5. The summed E-state index contributed by atoms with van der Waals surface area (Å²) in [5, 5.41) is 12.3. The first-order chi connectivity index (χ1) is 28.8. The molecular weight excluding hydrogens is 735 g/mol. The molecular formula is C50H97N5O4. The first-order valence-electron chi connectivity index (χ1n) is 25.2. The van der Waals surface area contributed by atoms with Crippen molar-refractivity contribution in [2.45, 2.75) is 246 Å². The van der Waals surface area contributed by atoms with Crippen molar-refractivity contribution in [2.75, 3.05) is 46.9 Å². The predicted molar refractivity (Wildman–Crippen MR) is 251 cm³/mol. The van der Waals surface area contributed by atoms with E-state index in [1.165, 1.54) is 122 Å². The molecule has 0 radical (unpaired) electrons. The molecule has 0 aromatic heterocycles. The second-order valence-electron chi connectivity index (χ2n) is 17.8. The van der Waals surface area contributed by atoms with Crippen molar-refractivity contribution in [2.24, 2.45) is 10.9 Å². The van der Waals surface area contributed by atoms with E-state index < -0.39 is 0 Å². The Hall–Kier alpha value is -2.34. The molecule has 59 heavy (non-hydrogen) atoms. The van der Waals surface area contributed by atoms with Crippen LogP contribution in [0, 0.1) is 17.4 Å². The van der Waals surface area contributed by atoms with Gasteiger partial charge in [-0.3, -0.25) is 9.59 Å². The van der Waals surface area contributed by atoms with Crippen molar-refractivity contribution in [3.63, 3.8) is 0 Å². The fraction of sp³-hybridized carbons (Fsp3) is 0.920. The molecule has 1 N–H and O–H groups in total. The van der Waals surface area contributed by atoms with Gasteiger partial charge in [-0.1, -0.05) is 163 Å². The molecule has 9 nitrogen and oxygen atoms in total. The Morgan fingerprint density at radius 2 is 1.00 bits per heavy atom. The van der Waals surface area contributed by atoms with Crippen LogP contribution in [0.3, 0.4) is 0 Å². The molecule has 0 aromatic rings. The van der Waals surface area contributed by atoms with E-state index in [0.29, 0.717) is 31.3 Å². The molecule has 0 aromatic carbocycles. The Balaban J connectivity index is 4.53. The van der Waals surface area contributed by atoms with Gasteiger partial charge in [0.25, 0.3) is 0 Å². The maximum atomic E-state index is 12.9. The molecule has 0 fully saturated rings. The van der Waals surface area contributed by atoms with E-state index in [1.807, 2.05) is 25.2 Å². The van der Waals surface area contributed by atoms with Gasteiger partial charge in [0.15, 0.2) is 0 Å². The van der Waals surface area contributed by atoms with Gasteiger partial charge in [0.2, 0.25) is 12.2 Å². The van der Waals surface area contributed by atoms with Gasteiger partial charge in [0.05, 0.1) is 6.61 Å². The van der Waals surface area contributed by atoms with Crippen LogP contribution in [0.5, 0.6) is 0 Å². The molecule has 346 valence electrons. The summed E-state index contributed by atoms with van der Waals surface area (Å²) in [6, 6.07) is 0. The van der Waals surface area contributed by atoms with E-state index >= 15 is 0 Å². The van der Waals surface area contributed by atoms with Gasteiger partial charge < -0.3 is 24.6 Å². The zero-order chi connectivity index (χ0) is 43.4. The SMILES string of the molecule is CCCCCCCCC(CCCCCCCC)OC(=O)CCCCCCCN(CCCCCCCC(=O)OCC(C)CCCCCCC)CCCN/C(=N\C#N)N(C)C. The Bertz CT molecular complexity index is 1000. The Morgan fingerprint density at radius 3 is 1.49 bits per heavy atom. The Morgan fingerprint density at radius 1 is 0.576 bits per heavy atom. The average Bonchev–Trinajstić information content (AvgIpc) is 3.22. The van der Waals surface area contributed by atoms with Crippen molar-refractivity contribution in [1.29, 1.82) is 5.26 Å². The second kappa shape index (κ2) is 43.7. The van der Waals surface area contributed by atoms with E-state index in [9.17, 15) is 9.59 Å². The highest BCUT2D eigenvalue weighted by Crippen LogP contribution is 2.19. The quantitative estimate of drug-likeness (QED) is 0.0213. The molecule has 0 spiro atoms. The summed E-state index contributed by atoms with van der Waals surface area (Å²) >= 11 is 0. The van der Waals surface area contributed by atoms with Crippen molar-refractivity contribution in [3.8, 4) is 6.19 Å². The molecule has 0 saturated carbocycles. The molecule has 1 unspecified atom stereocenters. The zero-order valence-corrected chi connectivity index (χ0v) is 39.9. The third-order valence-electron chi connectivity index (χ3n) is 11.6. The minimum absolute atomic E-state index is 0.0114. The van der Waals surface area contributed by atoms with Gasteiger partial charge in [-0.25, -0.2) is 0 Å². The van der Waals surface area contributed by atoms with Gasteiger partial charge in [-0.2, -0.15) is 5.26 Å². The highest BCUT2D eigenvalue weighted by atomic mass is 16.5. The first kappa shape index (κ1) is 56.7. The highest BCUT2D eigenvalue weighted by Gasteiger charge is 2.15. The molecule has 0 aliphatic carbocycles. The first-order valence-corrected chi connectivity index (χ1v) is 25.2. The van der Waals surface area contributed by atoms with E-state index in [2.05, 4.69) is 42.9 Å². The van der Waals surface area contributed by atoms with Crippen LogP contribution in [0.4, 0.5) is 0 Å². The Labute approximate surface area is 366 Å². The van der Waals surface area contributed by atoms with Gasteiger partial charge in [0.1, 0.15) is 6.10 Å². The summed E-state index contributed by atoms with van der Waals surface area (Å²) in [5.74, 6) is 1.03. The number of rotatable bonds is 43. The van der Waals surface area contributed by atoms with Crippen molar-refractivity contribution in [3.05, 3.63) is 0 Å². The van der Waals surface area contributed by atoms with E-state index in [1.54, 1.807) is 0 Å². The number of carbonyl (C=O) groups is 2. The molecule has 0 rings (SSSR count). The fourth-order valence-corrected chi connectivity index (χ4v) is 7.75. The fourth-order valence-electron chi connectivity index (χ4n) is 7.75. The van der Waals surface area contributed by atoms with Gasteiger partial charge in [-0.05, 0) is 89.8 Å². The van der Waals surface area contributed by atoms with Crippen molar-refractivity contribution >= 4 is 17.9 Å². The van der Waals surface area contributed by atoms with Gasteiger partial charge in [-0.15, -0.1) is 4.99 Å². The minimum atomic E-state index is -0.0361. The van der Waals surface area contributed by atoms with Crippen LogP contribution in [0.2, 0.25) is 0 Å². The van der Waals surface area contributed by atoms with Crippen LogP contribution in [-0.2, 0) is 19.1 Å². The topological polar surface area (TPSA) is 107 Å². The van der Waals surface area contributed by atoms with Crippen LogP contribution in [-0.4, -0.2) is 80.7 Å². The molecule has 0 aliphatic heterocycles. The van der Waals surface area contributed by atoms with Crippen LogP contribution in [0.1, 0.15) is 240 Å². The average molecular weight is 832 g/mol. The minimum Gasteiger partial charge on any atom is -0.465 e. The van der Waals surface area contributed by atoms with Crippen molar-refractivity contribution < 1.29 is 19.1 Å². The van der Waals surface area contributed by atoms with E-state index in [0.717, 1.165) is 103 Å². The molecule has 9 heteroatoms. The molecule has 0 saturated heterocycles. The number of unbranched alkanes of at least 4 members (excludes halogenated alkanes) is 22.